The summed E-state index contributed by atoms with van der Waals surface area (Å²) in [6.45, 7) is 8.44. The van der Waals surface area contributed by atoms with Crippen molar-refractivity contribution in [2.75, 3.05) is 0 Å². The summed E-state index contributed by atoms with van der Waals surface area (Å²) in [5.41, 5.74) is 6.07. The fourth-order valence-corrected chi connectivity index (χ4v) is 3.15. The summed E-state index contributed by atoms with van der Waals surface area (Å²) in [6.07, 6.45) is 2.60. The number of halogens is 1. The van der Waals surface area contributed by atoms with Gasteiger partial charge in [0.05, 0.1) is 11.6 Å². The molecule has 0 saturated carbocycles. The van der Waals surface area contributed by atoms with Crippen molar-refractivity contribution >= 4 is 11.6 Å². The molecule has 1 unspecified atom stereocenters. The number of alkyl halides is 1. The maximum absolute atomic E-state index is 6.66. The van der Waals surface area contributed by atoms with Crippen LogP contribution in [0.4, 0.5) is 0 Å². The molecular weight excluding hydrogens is 244 g/mol. The van der Waals surface area contributed by atoms with Crippen LogP contribution in [0.25, 0.3) is 0 Å². The lowest BCUT2D eigenvalue weighted by atomic mass is 9.93. The van der Waals surface area contributed by atoms with Crippen molar-refractivity contribution in [2.45, 2.75) is 39.5 Å². The largest absolute Gasteiger partial charge is 0.469 e. The Bertz CT molecular complexity index is 531. The van der Waals surface area contributed by atoms with Crippen LogP contribution in [0.1, 0.15) is 45.9 Å². The molecular formula is C16H19ClO. The first-order chi connectivity index (χ1) is 8.54. The molecule has 1 aromatic carbocycles. The second kappa shape index (κ2) is 5.19. The first kappa shape index (κ1) is 13.2. The third kappa shape index (κ3) is 2.32. The molecule has 96 valence electrons. The summed E-state index contributed by atoms with van der Waals surface area (Å²) in [5.74, 6) is 0.981. The van der Waals surface area contributed by atoms with Crippen molar-refractivity contribution in [3.8, 4) is 0 Å². The molecule has 1 heterocycles. The highest BCUT2D eigenvalue weighted by atomic mass is 35.5. The molecule has 0 aliphatic heterocycles. The van der Waals surface area contributed by atoms with Gasteiger partial charge in [-0.1, -0.05) is 24.6 Å². The molecule has 2 heteroatoms. The molecule has 0 radical (unpaired) electrons. The Hall–Kier alpha value is -1.21. The fraction of sp³-hybridized carbons (Fsp3) is 0.375. The SMILES string of the molecule is CCc1occc1C(Cl)c1c(C)cc(C)cc1C. The molecule has 0 saturated heterocycles. The lowest BCUT2D eigenvalue weighted by molar-refractivity contribution is 0.511. The van der Waals surface area contributed by atoms with E-state index in [2.05, 4.69) is 39.8 Å². The summed E-state index contributed by atoms with van der Waals surface area (Å²) in [4.78, 5) is 0. The molecule has 1 nitrogen and oxygen atoms in total. The van der Waals surface area contributed by atoms with Crippen molar-refractivity contribution in [3.63, 3.8) is 0 Å². The smallest absolute Gasteiger partial charge is 0.108 e. The number of benzene rings is 1. The van der Waals surface area contributed by atoms with Crippen LogP contribution in [0.5, 0.6) is 0 Å². The average molecular weight is 263 g/mol. The molecule has 0 N–H and O–H groups in total. The highest BCUT2D eigenvalue weighted by Crippen LogP contribution is 2.36. The zero-order chi connectivity index (χ0) is 13.3. The third-order valence-corrected chi connectivity index (χ3v) is 3.82. The Morgan fingerprint density at radius 2 is 1.78 bits per heavy atom. The van der Waals surface area contributed by atoms with Gasteiger partial charge in [-0.15, -0.1) is 11.6 Å². The van der Waals surface area contributed by atoms with Crippen LogP contribution in [-0.4, -0.2) is 0 Å². The van der Waals surface area contributed by atoms with E-state index in [-0.39, 0.29) is 5.38 Å². The number of furan rings is 1. The minimum atomic E-state index is -0.126. The predicted molar refractivity (Wildman–Crippen MR) is 76.4 cm³/mol. The van der Waals surface area contributed by atoms with E-state index >= 15 is 0 Å². The maximum atomic E-state index is 6.66. The van der Waals surface area contributed by atoms with E-state index in [4.69, 9.17) is 16.0 Å². The van der Waals surface area contributed by atoms with Gasteiger partial charge in [-0.05, 0) is 43.5 Å². The third-order valence-electron chi connectivity index (χ3n) is 3.37. The Balaban J connectivity index is 2.49. The van der Waals surface area contributed by atoms with Crippen molar-refractivity contribution in [1.82, 2.24) is 0 Å². The van der Waals surface area contributed by atoms with Crippen LogP contribution in [-0.2, 0) is 6.42 Å². The first-order valence-corrected chi connectivity index (χ1v) is 6.76. The molecule has 2 rings (SSSR count). The zero-order valence-electron chi connectivity index (χ0n) is 11.4. The van der Waals surface area contributed by atoms with Gasteiger partial charge in [0.2, 0.25) is 0 Å². The second-order valence-corrected chi connectivity index (χ2v) is 5.26. The van der Waals surface area contributed by atoms with Gasteiger partial charge in [0.25, 0.3) is 0 Å². The van der Waals surface area contributed by atoms with E-state index in [1.54, 1.807) is 6.26 Å². The summed E-state index contributed by atoms with van der Waals surface area (Å²) in [7, 11) is 0. The van der Waals surface area contributed by atoms with Crippen LogP contribution >= 0.6 is 11.6 Å². The van der Waals surface area contributed by atoms with Crippen LogP contribution in [0.2, 0.25) is 0 Å². The van der Waals surface area contributed by atoms with E-state index in [1.807, 2.05) is 6.07 Å². The van der Waals surface area contributed by atoms with Crippen LogP contribution in [0.3, 0.4) is 0 Å². The Morgan fingerprint density at radius 3 is 2.33 bits per heavy atom. The van der Waals surface area contributed by atoms with Crippen molar-refractivity contribution in [2.24, 2.45) is 0 Å². The summed E-state index contributed by atoms with van der Waals surface area (Å²) < 4.78 is 5.48. The monoisotopic (exact) mass is 262 g/mol. The number of rotatable bonds is 3. The minimum absolute atomic E-state index is 0.126. The van der Waals surface area contributed by atoms with Gasteiger partial charge in [0.15, 0.2) is 0 Å². The molecule has 18 heavy (non-hydrogen) atoms. The van der Waals surface area contributed by atoms with Crippen molar-refractivity contribution in [1.29, 1.82) is 0 Å². The zero-order valence-corrected chi connectivity index (χ0v) is 12.1. The Kier molecular flexibility index (Phi) is 3.82. The van der Waals surface area contributed by atoms with E-state index in [1.165, 1.54) is 22.3 Å². The molecule has 1 aromatic heterocycles. The van der Waals surface area contributed by atoms with E-state index in [9.17, 15) is 0 Å². The highest BCUT2D eigenvalue weighted by Gasteiger charge is 2.20. The molecule has 0 bridgehead atoms. The van der Waals surface area contributed by atoms with Gasteiger partial charge in [-0.2, -0.15) is 0 Å². The standard InChI is InChI=1S/C16H19ClO/c1-5-14-13(6-7-18-14)16(17)15-11(3)8-10(2)9-12(15)4/h6-9,16H,5H2,1-4H3. The Labute approximate surface area is 114 Å². The van der Waals surface area contributed by atoms with Crippen LogP contribution in [0.15, 0.2) is 28.9 Å². The molecule has 0 fully saturated rings. The van der Waals surface area contributed by atoms with Gasteiger partial charge < -0.3 is 4.42 Å². The quantitative estimate of drug-likeness (QED) is 0.702. The first-order valence-electron chi connectivity index (χ1n) is 6.32. The molecule has 0 aliphatic carbocycles. The van der Waals surface area contributed by atoms with Gasteiger partial charge >= 0.3 is 0 Å². The van der Waals surface area contributed by atoms with Gasteiger partial charge in [-0.25, -0.2) is 0 Å². The molecule has 0 aliphatic rings. The van der Waals surface area contributed by atoms with Gasteiger partial charge in [0, 0.05) is 12.0 Å². The van der Waals surface area contributed by atoms with E-state index in [0.29, 0.717) is 0 Å². The van der Waals surface area contributed by atoms with Crippen LogP contribution < -0.4 is 0 Å². The summed E-state index contributed by atoms with van der Waals surface area (Å²) in [6, 6.07) is 6.35. The van der Waals surface area contributed by atoms with E-state index in [0.717, 1.165) is 17.7 Å². The lowest BCUT2D eigenvalue weighted by Gasteiger charge is -2.16. The number of aryl methyl sites for hydroxylation is 4. The molecule has 1 atom stereocenters. The molecule has 0 spiro atoms. The lowest BCUT2D eigenvalue weighted by Crippen LogP contribution is -2.01. The molecule has 2 aromatic rings. The number of hydrogen-bond acceptors (Lipinski definition) is 1. The maximum Gasteiger partial charge on any atom is 0.108 e. The van der Waals surface area contributed by atoms with Gasteiger partial charge in [0.1, 0.15) is 5.76 Å². The average Bonchev–Trinajstić information content (AvgIpc) is 2.75. The van der Waals surface area contributed by atoms with Crippen molar-refractivity contribution in [3.05, 3.63) is 58.0 Å². The summed E-state index contributed by atoms with van der Waals surface area (Å²) >= 11 is 6.66. The molecule has 0 amide bonds. The highest BCUT2D eigenvalue weighted by molar-refractivity contribution is 6.22. The van der Waals surface area contributed by atoms with Crippen molar-refractivity contribution < 1.29 is 4.42 Å². The Morgan fingerprint density at radius 1 is 1.17 bits per heavy atom. The van der Waals surface area contributed by atoms with Crippen LogP contribution in [0, 0.1) is 20.8 Å². The van der Waals surface area contributed by atoms with E-state index < -0.39 is 0 Å². The second-order valence-electron chi connectivity index (χ2n) is 4.83. The topological polar surface area (TPSA) is 13.1 Å². The van der Waals surface area contributed by atoms with Gasteiger partial charge in [-0.3, -0.25) is 0 Å². The normalized spacial score (nSPS) is 12.7. The summed E-state index contributed by atoms with van der Waals surface area (Å²) in [5, 5.41) is -0.126. The predicted octanol–water partition coefficient (Wildman–Crippen LogP) is 5.10. The minimum Gasteiger partial charge on any atom is -0.469 e. The number of hydrogen-bond donors (Lipinski definition) is 0. The fourth-order valence-electron chi connectivity index (χ4n) is 2.61.